The van der Waals surface area contributed by atoms with Gasteiger partial charge < -0.3 is 8.98 Å². The Morgan fingerprint density at radius 3 is 2.89 bits per heavy atom. The van der Waals surface area contributed by atoms with Crippen LogP contribution in [0.25, 0.3) is 11.0 Å². The van der Waals surface area contributed by atoms with E-state index in [4.69, 9.17) is 9.68 Å². The molecular formula is C14H11N3O. The van der Waals surface area contributed by atoms with E-state index in [1.807, 2.05) is 41.0 Å². The summed E-state index contributed by atoms with van der Waals surface area (Å²) < 4.78 is 7.38. The van der Waals surface area contributed by atoms with E-state index in [2.05, 4.69) is 11.1 Å². The molecule has 4 heteroatoms. The molecule has 0 amide bonds. The molecule has 0 aliphatic rings. The summed E-state index contributed by atoms with van der Waals surface area (Å²) in [4.78, 5) is 4.48. The number of furan rings is 1. The lowest BCUT2D eigenvalue weighted by atomic mass is 10.3. The van der Waals surface area contributed by atoms with Crippen LogP contribution in [-0.4, -0.2) is 9.55 Å². The van der Waals surface area contributed by atoms with Gasteiger partial charge in [0.25, 0.3) is 0 Å². The van der Waals surface area contributed by atoms with E-state index >= 15 is 0 Å². The summed E-state index contributed by atoms with van der Waals surface area (Å²) in [6, 6.07) is 13.8. The first-order valence-corrected chi connectivity index (χ1v) is 5.72. The fourth-order valence-corrected chi connectivity index (χ4v) is 2.07. The van der Waals surface area contributed by atoms with Gasteiger partial charge in [-0.15, -0.1) is 0 Å². The quantitative estimate of drug-likeness (QED) is 0.703. The van der Waals surface area contributed by atoms with Gasteiger partial charge in [-0.1, -0.05) is 12.1 Å². The molecule has 0 atom stereocenters. The van der Waals surface area contributed by atoms with E-state index < -0.39 is 0 Å². The number of para-hydroxylation sites is 2. The maximum Gasteiger partial charge on any atom is 0.124 e. The molecule has 3 aromatic rings. The van der Waals surface area contributed by atoms with Gasteiger partial charge in [-0.25, -0.2) is 4.98 Å². The van der Waals surface area contributed by atoms with Crippen LogP contribution in [0.5, 0.6) is 0 Å². The Labute approximate surface area is 104 Å². The molecule has 0 aliphatic carbocycles. The van der Waals surface area contributed by atoms with Crippen LogP contribution in [-0.2, 0) is 13.0 Å². The molecule has 4 nitrogen and oxygen atoms in total. The number of rotatable bonds is 3. The number of hydrogen-bond donors (Lipinski definition) is 0. The van der Waals surface area contributed by atoms with Crippen molar-refractivity contribution in [2.75, 3.05) is 0 Å². The van der Waals surface area contributed by atoms with Crippen molar-refractivity contribution in [3.63, 3.8) is 0 Å². The average molecular weight is 237 g/mol. The molecule has 2 heterocycles. The average Bonchev–Trinajstić information content (AvgIpc) is 3.00. The van der Waals surface area contributed by atoms with Gasteiger partial charge in [-0.2, -0.15) is 5.26 Å². The van der Waals surface area contributed by atoms with Gasteiger partial charge in [-0.3, -0.25) is 0 Å². The van der Waals surface area contributed by atoms with Gasteiger partial charge in [0.2, 0.25) is 0 Å². The largest absolute Gasteiger partial charge is 0.467 e. The molecule has 0 saturated carbocycles. The van der Waals surface area contributed by atoms with Crippen molar-refractivity contribution in [2.45, 2.75) is 13.0 Å². The SMILES string of the molecule is N#CCc1nc2ccccc2n1Cc1ccco1. The first-order chi connectivity index (χ1) is 8.88. The molecule has 0 aliphatic heterocycles. The molecule has 88 valence electrons. The van der Waals surface area contributed by atoms with Gasteiger partial charge in [-0.05, 0) is 24.3 Å². The van der Waals surface area contributed by atoms with Crippen LogP contribution in [0.15, 0.2) is 47.1 Å². The molecule has 2 aromatic heterocycles. The molecule has 0 saturated heterocycles. The van der Waals surface area contributed by atoms with Crippen molar-refractivity contribution in [3.8, 4) is 6.07 Å². The van der Waals surface area contributed by atoms with Gasteiger partial charge in [0.15, 0.2) is 0 Å². The van der Waals surface area contributed by atoms with Crippen molar-refractivity contribution in [3.05, 3.63) is 54.2 Å². The molecule has 18 heavy (non-hydrogen) atoms. The van der Waals surface area contributed by atoms with Crippen molar-refractivity contribution in [2.24, 2.45) is 0 Å². The predicted molar refractivity (Wildman–Crippen MR) is 66.9 cm³/mol. The molecule has 0 radical (unpaired) electrons. The molecule has 3 rings (SSSR count). The first kappa shape index (κ1) is 10.6. The molecule has 0 unspecified atom stereocenters. The topological polar surface area (TPSA) is 54.8 Å². The summed E-state index contributed by atoms with van der Waals surface area (Å²) in [5.41, 5.74) is 1.94. The van der Waals surface area contributed by atoms with E-state index in [0.717, 1.165) is 22.6 Å². The number of hydrogen-bond acceptors (Lipinski definition) is 3. The number of aromatic nitrogens is 2. The third-order valence-electron chi connectivity index (χ3n) is 2.86. The highest BCUT2D eigenvalue weighted by molar-refractivity contribution is 5.76. The Balaban J connectivity index is 2.12. The highest BCUT2D eigenvalue weighted by Crippen LogP contribution is 2.18. The zero-order valence-electron chi connectivity index (χ0n) is 9.71. The first-order valence-electron chi connectivity index (χ1n) is 5.72. The number of fused-ring (bicyclic) bond motifs is 1. The van der Waals surface area contributed by atoms with E-state index in [9.17, 15) is 0 Å². The summed E-state index contributed by atoms with van der Waals surface area (Å²) in [5, 5.41) is 8.87. The van der Waals surface area contributed by atoms with Crippen LogP contribution in [0.4, 0.5) is 0 Å². The maximum absolute atomic E-state index is 8.87. The normalized spacial score (nSPS) is 10.6. The second-order valence-corrected chi connectivity index (χ2v) is 4.02. The predicted octanol–water partition coefficient (Wildman–Crippen LogP) is 2.74. The smallest absolute Gasteiger partial charge is 0.124 e. The van der Waals surface area contributed by atoms with Crippen LogP contribution in [0.3, 0.4) is 0 Å². The van der Waals surface area contributed by atoms with Crippen LogP contribution < -0.4 is 0 Å². The Morgan fingerprint density at radius 1 is 1.22 bits per heavy atom. The van der Waals surface area contributed by atoms with Crippen LogP contribution in [0.1, 0.15) is 11.6 Å². The monoisotopic (exact) mass is 237 g/mol. The van der Waals surface area contributed by atoms with Gasteiger partial charge in [0.05, 0.1) is 36.3 Å². The molecule has 1 aromatic carbocycles. The summed E-state index contributed by atoms with van der Waals surface area (Å²) >= 11 is 0. The van der Waals surface area contributed by atoms with Gasteiger partial charge in [0.1, 0.15) is 11.6 Å². The fraction of sp³-hybridized carbons (Fsp3) is 0.143. The van der Waals surface area contributed by atoms with Crippen molar-refractivity contribution < 1.29 is 4.42 Å². The molecule has 0 N–H and O–H groups in total. The van der Waals surface area contributed by atoms with Crippen LogP contribution >= 0.6 is 0 Å². The Kier molecular flexibility index (Phi) is 2.58. The van der Waals surface area contributed by atoms with Crippen LogP contribution in [0.2, 0.25) is 0 Å². The second-order valence-electron chi connectivity index (χ2n) is 4.02. The highest BCUT2D eigenvalue weighted by Gasteiger charge is 2.11. The van der Waals surface area contributed by atoms with Crippen molar-refractivity contribution in [1.29, 1.82) is 5.26 Å². The lowest BCUT2D eigenvalue weighted by Crippen LogP contribution is -2.03. The third-order valence-corrected chi connectivity index (χ3v) is 2.86. The highest BCUT2D eigenvalue weighted by atomic mass is 16.3. The van der Waals surface area contributed by atoms with E-state index in [1.54, 1.807) is 6.26 Å². The number of imidazole rings is 1. The summed E-state index contributed by atoms with van der Waals surface area (Å²) in [6.07, 6.45) is 1.95. The molecular weight excluding hydrogens is 226 g/mol. The number of nitrogens with zero attached hydrogens (tertiary/aromatic N) is 3. The Bertz CT molecular complexity index is 704. The van der Waals surface area contributed by atoms with Crippen LogP contribution in [0, 0.1) is 11.3 Å². The maximum atomic E-state index is 8.87. The van der Waals surface area contributed by atoms with Crippen molar-refractivity contribution in [1.82, 2.24) is 9.55 Å². The summed E-state index contributed by atoms with van der Waals surface area (Å²) in [6.45, 7) is 0.602. The standard InChI is InChI=1S/C14H11N3O/c15-8-7-14-16-12-5-1-2-6-13(12)17(14)10-11-4-3-9-18-11/h1-6,9H,7,10H2. The summed E-state index contributed by atoms with van der Waals surface area (Å²) in [5.74, 6) is 1.63. The minimum absolute atomic E-state index is 0.301. The molecule has 0 fully saturated rings. The van der Waals surface area contributed by atoms with E-state index in [1.165, 1.54) is 0 Å². The Morgan fingerprint density at radius 2 is 2.11 bits per heavy atom. The molecule has 0 spiro atoms. The zero-order valence-corrected chi connectivity index (χ0v) is 9.71. The third kappa shape index (κ3) is 1.76. The Hall–Kier alpha value is -2.54. The second kappa shape index (κ2) is 4.38. The van der Waals surface area contributed by atoms with E-state index in [-0.39, 0.29) is 0 Å². The minimum atomic E-state index is 0.301. The van der Waals surface area contributed by atoms with Gasteiger partial charge >= 0.3 is 0 Å². The number of nitriles is 1. The summed E-state index contributed by atoms with van der Waals surface area (Å²) in [7, 11) is 0. The lowest BCUT2D eigenvalue weighted by Gasteiger charge is -2.04. The van der Waals surface area contributed by atoms with Crippen molar-refractivity contribution >= 4 is 11.0 Å². The van der Waals surface area contributed by atoms with E-state index in [0.29, 0.717) is 13.0 Å². The fourth-order valence-electron chi connectivity index (χ4n) is 2.07. The molecule has 0 bridgehead atoms. The van der Waals surface area contributed by atoms with Gasteiger partial charge in [0, 0.05) is 0 Å². The minimum Gasteiger partial charge on any atom is -0.467 e. The number of benzene rings is 1. The zero-order chi connectivity index (χ0) is 12.4. The lowest BCUT2D eigenvalue weighted by molar-refractivity contribution is 0.493.